The lowest BCUT2D eigenvalue weighted by Crippen LogP contribution is -2.37. The van der Waals surface area contributed by atoms with Gasteiger partial charge in [-0.05, 0) is 6.42 Å². The summed E-state index contributed by atoms with van der Waals surface area (Å²) in [6.45, 7) is 3.36. The molecule has 0 aromatic carbocycles. The molecule has 94 valence electrons. The van der Waals surface area contributed by atoms with E-state index in [9.17, 15) is 9.90 Å². The molecule has 0 saturated carbocycles. The van der Waals surface area contributed by atoms with Gasteiger partial charge in [0.05, 0.1) is 5.69 Å². The van der Waals surface area contributed by atoms with Crippen molar-refractivity contribution in [2.75, 3.05) is 5.73 Å². The number of carboxylic acids is 1. The van der Waals surface area contributed by atoms with Gasteiger partial charge in [0.15, 0.2) is 5.13 Å². The lowest BCUT2D eigenvalue weighted by molar-refractivity contribution is -0.143. The van der Waals surface area contributed by atoms with Crippen molar-refractivity contribution in [1.82, 2.24) is 9.88 Å². The fourth-order valence-electron chi connectivity index (χ4n) is 2.16. The number of hydrogen-bond donors (Lipinski definition) is 2. The number of carboxylic acid groups (broad SMARTS) is 1. The van der Waals surface area contributed by atoms with Crippen LogP contribution in [-0.4, -0.2) is 27.0 Å². The van der Waals surface area contributed by atoms with Gasteiger partial charge in [0.1, 0.15) is 6.04 Å². The summed E-state index contributed by atoms with van der Waals surface area (Å²) in [5.74, 6) is -0.735. The molecule has 0 amide bonds. The van der Waals surface area contributed by atoms with Gasteiger partial charge in [-0.15, -0.1) is 11.3 Å². The molecule has 1 unspecified atom stereocenters. The largest absolute Gasteiger partial charge is 0.480 e. The standard InChI is InChI=1S/C11H17N3O2S/c1-2-3-4-8(10(15)16)14-5-7-9(6-14)17-11(12)13-7/h8H,2-6H2,1H3,(H2,12,13)(H,15,16). The van der Waals surface area contributed by atoms with E-state index in [1.54, 1.807) is 0 Å². The molecule has 2 heterocycles. The fourth-order valence-corrected chi connectivity index (χ4v) is 3.03. The van der Waals surface area contributed by atoms with Crippen LogP contribution in [0, 0.1) is 0 Å². The van der Waals surface area contributed by atoms with Gasteiger partial charge in [-0.2, -0.15) is 0 Å². The van der Waals surface area contributed by atoms with E-state index < -0.39 is 12.0 Å². The average Bonchev–Trinajstić information content (AvgIpc) is 2.74. The molecule has 0 spiro atoms. The summed E-state index contributed by atoms with van der Waals surface area (Å²) >= 11 is 1.47. The van der Waals surface area contributed by atoms with Crippen LogP contribution >= 0.6 is 11.3 Å². The van der Waals surface area contributed by atoms with Gasteiger partial charge < -0.3 is 10.8 Å². The van der Waals surface area contributed by atoms with Crippen LogP contribution in [0.2, 0.25) is 0 Å². The fraction of sp³-hybridized carbons (Fsp3) is 0.636. The number of aliphatic carboxylic acids is 1. The summed E-state index contributed by atoms with van der Waals surface area (Å²) in [5.41, 5.74) is 6.58. The number of thiazole rings is 1. The van der Waals surface area contributed by atoms with Crippen molar-refractivity contribution < 1.29 is 9.90 Å². The minimum Gasteiger partial charge on any atom is -0.480 e. The molecule has 1 aromatic heterocycles. The zero-order chi connectivity index (χ0) is 12.4. The molecule has 0 bridgehead atoms. The van der Waals surface area contributed by atoms with Gasteiger partial charge in [-0.3, -0.25) is 9.69 Å². The Balaban J connectivity index is 2.03. The number of nitrogens with zero attached hydrogens (tertiary/aromatic N) is 2. The summed E-state index contributed by atoms with van der Waals surface area (Å²) in [7, 11) is 0. The number of carbonyl (C=O) groups is 1. The zero-order valence-electron chi connectivity index (χ0n) is 9.85. The van der Waals surface area contributed by atoms with Gasteiger partial charge in [0, 0.05) is 18.0 Å². The van der Waals surface area contributed by atoms with Gasteiger partial charge in [-0.1, -0.05) is 19.8 Å². The number of nitrogen functional groups attached to an aromatic ring is 1. The molecule has 1 aliphatic heterocycles. The number of hydrogen-bond acceptors (Lipinski definition) is 5. The van der Waals surface area contributed by atoms with E-state index in [-0.39, 0.29) is 0 Å². The van der Waals surface area contributed by atoms with Crippen LogP contribution in [0.15, 0.2) is 0 Å². The molecule has 2 rings (SSSR count). The summed E-state index contributed by atoms with van der Waals surface area (Å²) in [6.07, 6.45) is 2.66. The van der Waals surface area contributed by atoms with Gasteiger partial charge in [-0.25, -0.2) is 4.98 Å². The highest BCUT2D eigenvalue weighted by Gasteiger charge is 2.32. The van der Waals surface area contributed by atoms with Crippen LogP contribution in [-0.2, 0) is 17.9 Å². The number of nitrogens with two attached hydrogens (primary N) is 1. The van der Waals surface area contributed by atoms with Gasteiger partial charge in [0.2, 0.25) is 0 Å². The third kappa shape index (κ3) is 2.58. The first-order valence-electron chi connectivity index (χ1n) is 5.82. The van der Waals surface area contributed by atoms with Crippen LogP contribution < -0.4 is 5.73 Å². The van der Waals surface area contributed by atoms with Crippen molar-refractivity contribution in [3.05, 3.63) is 10.6 Å². The van der Waals surface area contributed by atoms with Crippen molar-refractivity contribution >= 4 is 22.4 Å². The van der Waals surface area contributed by atoms with E-state index >= 15 is 0 Å². The highest BCUT2D eigenvalue weighted by atomic mass is 32.1. The van der Waals surface area contributed by atoms with Crippen molar-refractivity contribution in [3.63, 3.8) is 0 Å². The highest BCUT2D eigenvalue weighted by Crippen LogP contribution is 2.31. The molecular formula is C11H17N3O2S. The van der Waals surface area contributed by atoms with Crippen LogP contribution in [0.3, 0.4) is 0 Å². The maximum atomic E-state index is 11.2. The molecule has 5 nitrogen and oxygen atoms in total. The summed E-state index contributed by atoms with van der Waals surface area (Å²) in [5, 5.41) is 9.83. The second-order valence-electron chi connectivity index (χ2n) is 4.32. The maximum absolute atomic E-state index is 11.2. The van der Waals surface area contributed by atoms with E-state index in [0.717, 1.165) is 23.4 Å². The monoisotopic (exact) mass is 255 g/mol. The van der Waals surface area contributed by atoms with Crippen molar-refractivity contribution in [3.8, 4) is 0 Å². The molecule has 17 heavy (non-hydrogen) atoms. The highest BCUT2D eigenvalue weighted by molar-refractivity contribution is 7.15. The lowest BCUT2D eigenvalue weighted by atomic mass is 10.1. The first-order chi connectivity index (χ1) is 8.11. The number of unbranched alkanes of at least 4 members (excludes halogenated alkanes) is 1. The molecule has 0 fully saturated rings. The van der Waals surface area contributed by atoms with E-state index in [1.165, 1.54) is 11.3 Å². The van der Waals surface area contributed by atoms with Crippen molar-refractivity contribution in [2.45, 2.75) is 45.3 Å². The normalized spacial score (nSPS) is 17.0. The average molecular weight is 255 g/mol. The van der Waals surface area contributed by atoms with E-state index in [2.05, 4.69) is 11.9 Å². The predicted molar refractivity (Wildman–Crippen MR) is 66.7 cm³/mol. The van der Waals surface area contributed by atoms with Crippen molar-refractivity contribution in [2.24, 2.45) is 0 Å². The Bertz CT molecular complexity index is 395. The second kappa shape index (κ2) is 5.01. The molecule has 0 saturated heterocycles. The smallest absolute Gasteiger partial charge is 0.320 e. The first-order valence-corrected chi connectivity index (χ1v) is 6.64. The minimum atomic E-state index is -0.735. The predicted octanol–water partition coefficient (Wildman–Crippen LogP) is 1.68. The van der Waals surface area contributed by atoms with Crippen LogP contribution in [0.5, 0.6) is 0 Å². The second-order valence-corrected chi connectivity index (χ2v) is 5.44. The Morgan fingerprint density at radius 3 is 3.00 bits per heavy atom. The number of anilines is 1. The van der Waals surface area contributed by atoms with Crippen LogP contribution in [0.25, 0.3) is 0 Å². The Hall–Kier alpha value is -1.14. The number of aromatic nitrogens is 1. The topological polar surface area (TPSA) is 79.5 Å². The molecular weight excluding hydrogens is 238 g/mol. The molecule has 0 radical (unpaired) electrons. The SMILES string of the molecule is CCCCC(C(=O)O)N1Cc2nc(N)sc2C1. The molecule has 1 atom stereocenters. The van der Waals surface area contributed by atoms with E-state index in [4.69, 9.17) is 5.73 Å². The number of rotatable bonds is 5. The van der Waals surface area contributed by atoms with E-state index in [1.807, 2.05) is 4.90 Å². The Morgan fingerprint density at radius 1 is 1.65 bits per heavy atom. The minimum absolute atomic E-state index is 0.391. The third-order valence-corrected chi connectivity index (χ3v) is 3.96. The molecule has 0 aliphatic carbocycles. The zero-order valence-corrected chi connectivity index (χ0v) is 10.7. The number of fused-ring (bicyclic) bond motifs is 1. The van der Waals surface area contributed by atoms with E-state index in [0.29, 0.717) is 24.6 Å². The molecule has 1 aromatic rings. The Labute approximate surface area is 104 Å². The van der Waals surface area contributed by atoms with Gasteiger partial charge >= 0.3 is 5.97 Å². The molecule has 6 heteroatoms. The Kier molecular flexibility index (Phi) is 3.63. The van der Waals surface area contributed by atoms with Gasteiger partial charge in [0.25, 0.3) is 0 Å². The quantitative estimate of drug-likeness (QED) is 0.837. The third-order valence-electron chi connectivity index (χ3n) is 3.05. The van der Waals surface area contributed by atoms with Crippen LogP contribution in [0.1, 0.15) is 36.8 Å². The first kappa shape index (κ1) is 12.3. The maximum Gasteiger partial charge on any atom is 0.320 e. The molecule has 1 aliphatic rings. The Morgan fingerprint density at radius 2 is 2.41 bits per heavy atom. The summed E-state index contributed by atoms with van der Waals surface area (Å²) in [4.78, 5) is 18.6. The lowest BCUT2D eigenvalue weighted by Gasteiger charge is -2.23. The molecule has 3 N–H and O–H groups in total. The summed E-state index contributed by atoms with van der Waals surface area (Å²) < 4.78 is 0. The van der Waals surface area contributed by atoms with Crippen molar-refractivity contribution in [1.29, 1.82) is 0 Å². The van der Waals surface area contributed by atoms with Crippen LogP contribution in [0.4, 0.5) is 5.13 Å². The summed E-state index contributed by atoms with van der Waals surface area (Å²) in [6, 6.07) is -0.391.